The minimum atomic E-state index is -0.805. The normalized spacial score (nSPS) is 11.1. The number of aliphatic imine (C=N–C) groups is 1. The summed E-state index contributed by atoms with van der Waals surface area (Å²) in [6, 6.07) is 5.13. The van der Waals surface area contributed by atoms with Gasteiger partial charge in [-0.1, -0.05) is 0 Å². The molecular formula is C11H18IN3O3. The number of hydrogen-bond donors (Lipinski definition) is 3. The molecule has 18 heavy (non-hydrogen) atoms. The summed E-state index contributed by atoms with van der Waals surface area (Å²) >= 11 is 0. The van der Waals surface area contributed by atoms with E-state index in [0.717, 1.165) is 0 Å². The lowest BCUT2D eigenvalue weighted by Crippen LogP contribution is -2.23. The Hall–Kier alpha value is -1.22. The molecule has 0 bridgehead atoms. The van der Waals surface area contributed by atoms with Gasteiger partial charge in [-0.15, -0.1) is 24.0 Å². The molecule has 0 spiro atoms. The molecular weight excluding hydrogens is 349 g/mol. The first-order valence-corrected chi connectivity index (χ1v) is 5.03. The lowest BCUT2D eigenvalue weighted by atomic mass is 10.1. The largest absolute Gasteiger partial charge is 0.497 e. The molecule has 102 valence electrons. The van der Waals surface area contributed by atoms with Gasteiger partial charge in [-0.2, -0.15) is 0 Å². The van der Waals surface area contributed by atoms with Crippen molar-refractivity contribution in [3.05, 3.63) is 23.8 Å². The summed E-state index contributed by atoms with van der Waals surface area (Å²) in [4.78, 5) is 3.75. The minimum Gasteiger partial charge on any atom is -0.497 e. The standard InChI is InChI=1S/C11H17N3O3.HI/c1-16-8-3-7(4-9(5-8)17-2)10(15)6-14-11(12)13;/h3-5,10,15H,6H2,1-2H3,(H4,12,13,14);1H. The average molecular weight is 367 g/mol. The molecule has 0 aliphatic rings. The van der Waals surface area contributed by atoms with Crippen LogP contribution in [0, 0.1) is 0 Å². The zero-order valence-electron chi connectivity index (χ0n) is 10.3. The van der Waals surface area contributed by atoms with E-state index in [-0.39, 0.29) is 36.5 Å². The third-order valence-electron chi connectivity index (χ3n) is 2.21. The van der Waals surface area contributed by atoms with Crippen LogP contribution in [0.4, 0.5) is 0 Å². The van der Waals surface area contributed by atoms with Gasteiger partial charge in [-0.3, -0.25) is 4.99 Å². The highest BCUT2D eigenvalue weighted by atomic mass is 127. The quantitative estimate of drug-likeness (QED) is 0.402. The third-order valence-corrected chi connectivity index (χ3v) is 2.21. The predicted molar refractivity (Wildman–Crippen MR) is 80.6 cm³/mol. The summed E-state index contributed by atoms with van der Waals surface area (Å²) < 4.78 is 10.2. The van der Waals surface area contributed by atoms with Crippen LogP contribution in [0.5, 0.6) is 11.5 Å². The maximum absolute atomic E-state index is 9.88. The van der Waals surface area contributed by atoms with Crippen molar-refractivity contribution in [2.75, 3.05) is 20.8 Å². The number of aliphatic hydroxyl groups excluding tert-OH is 1. The molecule has 0 saturated carbocycles. The van der Waals surface area contributed by atoms with Crippen molar-refractivity contribution < 1.29 is 14.6 Å². The maximum Gasteiger partial charge on any atom is 0.186 e. The number of nitrogens with two attached hydrogens (primary N) is 2. The number of nitrogens with zero attached hydrogens (tertiary/aromatic N) is 1. The minimum absolute atomic E-state index is 0. The Morgan fingerprint density at radius 3 is 2.11 bits per heavy atom. The van der Waals surface area contributed by atoms with Crippen molar-refractivity contribution in [2.24, 2.45) is 16.5 Å². The van der Waals surface area contributed by atoms with Crippen molar-refractivity contribution >= 4 is 29.9 Å². The number of benzene rings is 1. The van der Waals surface area contributed by atoms with Crippen LogP contribution < -0.4 is 20.9 Å². The molecule has 1 aromatic rings. The van der Waals surface area contributed by atoms with Gasteiger partial charge >= 0.3 is 0 Å². The van der Waals surface area contributed by atoms with Crippen LogP contribution in [0.25, 0.3) is 0 Å². The van der Waals surface area contributed by atoms with Crippen LogP contribution in [0.15, 0.2) is 23.2 Å². The van der Waals surface area contributed by atoms with Crippen molar-refractivity contribution in [3.8, 4) is 11.5 Å². The van der Waals surface area contributed by atoms with Crippen molar-refractivity contribution in [3.63, 3.8) is 0 Å². The fourth-order valence-corrected chi connectivity index (χ4v) is 1.32. The number of guanidine groups is 1. The molecule has 1 rings (SSSR count). The molecule has 0 radical (unpaired) electrons. The molecule has 0 aliphatic heterocycles. The van der Waals surface area contributed by atoms with Gasteiger partial charge in [-0.25, -0.2) is 0 Å². The molecule has 0 amide bonds. The molecule has 0 saturated heterocycles. The molecule has 1 atom stereocenters. The second-order valence-corrected chi connectivity index (χ2v) is 3.43. The van der Waals surface area contributed by atoms with E-state index < -0.39 is 6.10 Å². The summed E-state index contributed by atoms with van der Waals surface area (Å²) in [7, 11) is 3.09. The summed E-state index contributed by atoms with van der Waals surface area (Å²) in [5.74, 6) is 1.14. The monoisotopic (exact) mass is 367 g/mol. The molecule has 0 heterocycles. The van der Waals surface area contributed by atoms with Crippen LogP contribution in [0.1, 0.15) is 11.7 Å². The van der Waals surface area contributed by atoms with Crippen LogP contribution in [-0.4, -0.2) is 31.8 Å². The highest BCUT2D eigenvalue weighted by Crippen LogP contribution is 2.26. The third kappa shape index (κ3) is 4.96. The van der Waals surface area contributed by atoms with E-state index >= 15 is 0 Å². The van der Waals surface area contributed by atoms with E-state index in [1.165, 1.54) is 0 Å². The summed E-state index contributed by atoms with van der Waals surface area (Å²) in [6.07, 6.45) is -0.805. The second kappa shape index (κ2) is 7.98. The number of rotatable bonds is 5. The van der Waals surface area contributed by atoms with Gasteiger partial charge in [0, 0.05) is 6.07 Å². The van der Waals surface area contributed by atoms with Crippen molar-refractivity contribution in [1.82, 2.24) is 0 Å². The van der Waals surface area contributed by atoms with E-state index in [4.69, 9.17) is 20.9 Å². The summed E-state index contributed by atoms with van der Waals surface area (Å²) in [5.41, 5.74) is 11.0. The van der Waals surface area contributed by atoms with E-state index in [1.54, 1.807) is 32.4 Å². The van der Waals surface area contributed by atoms with Crippen molar-refractivity contribution in [1.29, 1.82) is 0 Å². The molecule has 0 aliphatic carbocycles. The number of hydrogen-bond acceptors (Lipinski definition) is 4. The van der Waals surface area contributed by atoms with E-state index in [1.807, 2.05) is 0 Å². The fraction of sp³-hybridized carbons (Fsp3) is 0.364. The Kier molecular flexibility index (Phi) is 7.44. The Bertz CT molecular complexity index is 386. The predicted octanol–water partition coefficient (Wildman–Crippen LogP) is 0.629. The molecule has 0 fully saturated rings. The molecule has 0 aromatic heterocycles. The van der Waals surface area contributed by atoms with Crippen LogP contribution in [-0.2, 0) is 0 Å². The molecule has 1 aromatic carbocycles. The number of methoxy groups -OCH3 is 2. The number of ether oxygens (including phenoxy) is 2. The van der Waals surface area contributed by atoms with E-state index in [2.05, 4.69) is 4.99 Å². The van der Waals surface area contributed by atoms with Crippen LogP contribution in [0.3, 0.4) is 0 Å². The lowest BCUT2D eigenvalue weighted by molar-refractivity contribution is 0.186. The summed E-state index contributed by atoms with van der Waals surface area (Å²) in [6.45, 7) is 0.0959. The Labute approximate surface area is 123 Å². The van der Waals surface area contributed by atoms with Crippen LogP contribution in [0.2, 0.25) is 0 Å². The Morgan fingerprint density at radius 2 is 1.72 bits per heavy atom. The first kappa shape index (κ1) is 16.8. The lowest BCUT2D eigenvalue weighted by Gasteiger charge is -2.12. The molecule has 6 nitrogen and oxygen atoms in total. The zero-order valence-corrected chi connectivity index (χ0v) is 12.6. The van der Waals surface area contributed by atoms with Gasteiger partial charge in [0.15, 0.2) is 5.96 Å². The van der Waals surface area contributed by atoms with Gasteiger partial charge < -0.3 is 26.0 Å². The SMILES string of the molecule is COc1cc(OC)cc(C(O)CN=C(N)N)c1.I. The van der Waals surface area contributed by atoms with E-state index in [9.17, 15) is 5.11 Å². The molecule has 1 unspecified atom stereocenters. The average Bonchev–Trinajstić information content (AvgIpc) is 2.34. The smallest absolute Gasteiger partial charge is 0.186 e. The first-order chi connectivity index (χ1) is 8.06. The zero-order chi connectivity index (χ0) is 12.8. The summed E-state index contributed by atoms with van der Waals surface area (Å²) in [5, 5.41) is 9.88. The molecule has 7 heteroatoms. The van der Waals surface area contributed by atoms with Crippen molar-refractivity contribution in [2.45, 2.75) is 6.10 Å². The Balaban J connectivity index is 0.00000289. The Morgan fingerprint density at radius 1 is 1.22 bits per heavy atom. The highest BCUT2D eigenvalue weighted by Gasteiger charge is 2.10. The van der Waals surface area contributed by atoms with Gasteiger partial charge in [0.2, 0.25) is 0 Å². The highest BCUT2D eigenvalue weighted by molar-refractivity contribution is 14.0. The second-order valence-electron chi connectivity index (χ2n) is 3.43. The topological polar surface area (TPSA) is 103 Å². The number of halogens is 1. The first-order valence-electron chi connectivity index (χ1n) is 5.03. The van der Waals surface area contributed by atoms with Gasteiger partial charge in [0.25, 0.3) is 0 Å². The molecule has 5 N–H and O–H groups in total. The number of aliphatic hydroxyl groups is 1. The van der Waals surface area contributed by atoms with Gasteiger partial charge in [-0.05, 0) is 17.7 Å². The van der Waals surface area contributed by atoms with Gasteiger partial charge in [0.1, 0.15) is 11.5 Å². The fourth-order valence-electron chi connectivity index (χ4n) is 1.32. The maximum atomic E-state index is 9.88. The van der Waals surface area contributed by atoms with Crippen LogP contribution >= 0.6 is 24.0 Å². The van der Waals surface area contributed by atoms with Gasteiger partial charge in [0.05, 0.1) is 26.9 Å². The van der Waals surface area contributed by atoms with E-state index in [0.29, 0.717) is 17.1 Å².